The summed E-state index contributed by atoms with van der Waals surface area (Å²) in [5, 5.41) is 13.0. The van der Waals surface area contributed by atoms with Gasteiger partial charge in [-0.2, -0.15) is 13.2 Å². The number of rotatable bonds is 6. The minimum atomic E-state index is -4.56. The molecule has 1 heterocycles. The molecule has 0 atom stereocenters. The van der Waals surface area contributed by atoms with Gasteiger partial charge in [0, 0.05) is 5.56 Å². The van der Waals surface area contributed by atoms with Crippen LogP contribution in [0.15, 0.2) is 59.0 Å². The first-order valence-corrected chi connectivity index (χ1v) is 8.73. The molecule has 0 unspecified atom stereocenters. The zero-order chi connectivity index (χ0) is 23.5. The van der Waals surface area contributed by atoms with Gasteiger partial charge in [0.15, 0.2) is 6.61 Å². The van der Waals surface area contributed by atoms with Crippen molar-refractivity contribution < 1.29 is 41.2 Å². The summed E-state index contributed by atoms with van der Waals surface area (Å²) in [6.07, 6.45) is -4.56. The standard InChI is InChI=1S/C20H12F4N2O6/c21-13-4-5-14(15(9-13)26(29)30)25-18(27)10-31-19(28)17-7-6-16(32-17)11-2-1-3-12(8-11)20(22,23)24/h1-9H,10H2,(H,25,27). The molecule has 0 spiro atoms. The minimum Gasteiger partial charge on any atom is -0.450 e. The number of anilines is 1. The molecule has 2 aromatic carbocycles. The largest absolute Gasteiger partial charge is 0.450 e. The van der Waals surface area contributed by atoms with Crippen molar-refractivity contribution in [2.75, 3.05) is 11.9 Å². The number of benzene rings is 2. The molecule has 166 valence electrons. The second kappa shape index (κ2) is 8.88. The van der Waals surface area contributed by atoms with Crippen LogP contribution in [0, 0.1) is 15.9 Å². The summed E-state index contributed by atoms with van der Waals surface area (Å²) in [5.41, 5.74) is -1.83. The molecule has 0 bridgehead atoms. The van der Waals surface area contributed by atoms with Gasteiger partial charge in [-0.15, -0.1) is 0 Å². The second-order valence-corrected chi connectivity index (χ2v) is 6.29. The van der Waals surface area contributed by atoms with Crippen molar-refractivity contribution in [3.05, 3.63) is 81.9 Å². The van der Waals surface area contributed by atoms with Gasteiger partial charge in [-0.3, -0.25) is 14.9 Å². The van der Waals surface area contributed by atoms with E-state index in [1.165, 1.54) is 18.2 Å². The molecule has 8 nitrogen and oxygen atoms in total. The maximum Gasteiger partial charge on any atom is 0.416 e. The Morgan fingerprint density at radius 3 is 2.53 bits per heavy atom. The van der Waals surface area contributed by atoms with Crippen LogP contribution in [0.25, 0.3) is 11.3 Å². The van der Waals surface area contributed by atoms with Gasteiger partial charge in [0.25, 0.3) is 11.6 Å². The predicted molar refractivity (Wildman–Crippen MR) is 101 cm³/mol. The zero-order valence-electron chi connectivity index (χ0n) is 15.8. The fraction of sp³-hybridized carbons (Fsp3) is 0.100. The summed E-state index contributed by atoms with van der Waals surface area (Å²) in [4.78, 5) is 34.0. The molecule has 0 saturated heterocycles. The number of nitrogens with zero attached hydrogens (tertiary/aromatic N) is 1. The fourth-order valence-corrected chi connectivity index (χ4v) is 2.60. The van der Waals surface area contributed by atoms with Crippen molar-refractivity contribution in [3.8, 4) is 11.3 Å². The highest BCUT2D eigenvalue weighted by Crippen LogP contribution is 2.32. The molecule has 0 aliphatic carbocycles. The molecule has 0 aliphatic rings. The lowest BCUT2D eigenvalue weighted by atomic mass is 10.1. The van der Waals surface area contributed by atoms with Crippen LogP contribution in [0.2, 0.25) is 0 Å². The number of hydrogen-bond acceptors (Lipinski definition) is 6. The molecular weight excluding hydrogens is 440 g/mol. The number of furan rings is 1. The predicted octanol–water partition coefficient (Wildman–Crippen LogP) is 4.81. The van der Waals surface area contributed by atoms with Crippen LogP contribution < -0.4 is 5.32 Å². The maximum atomic E-state index is 13.1. The highest BCUT2D eigenvalue weighted by atomic mass is 19.4. The normalized spacial score (nSPS) is 11.1. The zero-order valence-corrected chi connectivity index (χ0v) is 15.8. The number of carbonyl (C=O) groups is 2. The molecular formula is C20H12F4N2O6. The van der Waals surface area contributed by atoms with Crippen LogP contribution in [0.5, 0.6) is 0 Å². The third-order valence-electron chi connectivity index (χ3n) is 4.05. The number of halogens is 4. The van der Waals surface area contributed by atoms with Crippen LogP contribution in [0.4, 0.5) is 28.9 Å². The van der Waals surface area contributed by atoms with E-state index < -0.39 is 46.7 Å². The average Bonchev–Trinajstić information content (AvgIpc) is 3.23. The first-order chi connectivity index (χ1) is 15.0. The van der Waals surface area contributed by atoms with E-state index in [1.807, 2.05) is 0 Å². The Hall–Kier alpha value is -4.22. The number of nitrogens with one attached hydrogen (secondary N) is 1. The Morgan fingerprint density at radius 1 is 1.09 bits per heavy atom. The van der Waals surface area contributed by atoms with E-state index in [9.17, 15) is 37.3 Å². The van der Waals surface area contributed by atoms with Crippen molar-refractivity contribution in [1.82, 2.24) is 0 Å². The number of carbonyl (C=O) groups excluding carboxylic acids is 2. The Morgan fingerprint density at radius 2 is 1.84 bits per heavy atom. The third kappa shape index (κ3) is 5.28. The van der Waals surface area contributed by atoms with Gasteiger partial charge < -0.3 is 14.5 Å². The Bertz CT molecular complexity index is 1190. The smallest absolute Gasteiger partial charge is 0.416 e. The minimum absolute atomic E-state index is 0.0329. The van der Waals surface area contributed by atoms with Crippen molar-refractivity contribution in [2.24, 2.45) is 0 Å². The molecule has 1 amide bonds. The molecule has 1 N–H and O–H groups in total. The van der Waals surface area contributed by atoms with Gasteiger partial charge in [0.05, 0.1) is 16.6 Å². The first-order valence-electron chi connectivity index (χ1n) is 8.73. The van der Waals surface area contributed by atoms with Gasteiger partial charge in [-0.1, -0.05) is 12.1 Å². The highest BCUT2D eigenvalue weighted by molar-refractivity contribution is 5.96. The van der Waals surface area contributed by atoms with Crippen LogP contribution in [-0.4, -0.2) is 23.4 Å². The van der Waals surface area contributed by atoms with Crippen LogP contribution in [-0.2, 0) is 15.7 Å². The van der Waals surface area contributed by atoms with E-state index in [0.717, 1.165) is 30.3 Å². The van der Waals surface area contributed by atoms with E-state index in [-0.39, 0.29) is 22.8 Å². The van der Waals surface area contributed by atoms with E-state index >= 15 is 0 Å². The quantitative estimate of drug-likeness (QED) is 0.249. The number of esters is 1. The number of amides is 1. The lowest BCUT2D eigenvalue weighted by molar-refractivity contribution is -0.384. The van der Waals surface area contributed by atoms with E-state index in [0.29, 0.717) is 6.07 Å². The van der Waals surface area contributed by atoms with Crippen molar-refractivity contribution in [1.29, 1.82) is 0 Å². The summed E-state index contributed by atoms with van der Waals surface area (Å²) in [6.45, 7) is -0.854. The molecule has 0 aliphatic heterocycles. The van der Waals surface area contributed by atoms with Crippen LogP contribution in [0.3, 0.4) is 0 Å². The Kier molecular flexibility index (Phi) is 6.23. The molecule has 1 aromatic heterocycles. The van der Waals surface area contributed by atoms with Crippen molar-refractivity contribution >= 4 is 23.3 Å². The molecule has 0 radical (unpaired) electrons. The fourth-order valence-electron chi connectivity index (χ4n) is 2.60. The lowest BCUT2D eigenvalue weighted by Gasteiger charge is -2.07. The van der Waals surface area contributed by atoms with Gasteiger partial charge in [-0.05, 0) is 36.4 Å². The number of hydrogen-bond donors (Lipinski definition) is 1. The monoisotopic (exact) mass is 452 g/mol. The summed E-state index contributed by atoms with van der Waals surface area (Å²) in [6, 6.07) is 9.15. The SMILES string of the molecule is O=C(COC(=O)c1ccc(-c2cccc(C(F)(F)F)c2)o1)Nc1ccc(F)cc1[N+](=O)[O-]. The molecule has 3 aromatic rings. The van der Waals surface area contributed by atoms with Gasteiger partial charge >= 0.3 is 12.1 Å². The Balaban J connectivity index is 1.64. The molecule has 12 heteroatoms. The molecule has 0 saturated carbocycles. The highest BCUT2D eigenvalue weighted by Gasteiger charge is 2.30. The average molecular weight is 452 g/mol. The lowest BCUT2D eigenvalue weighted by Crippen LogP contribution is -2.21. The summed E-state index contributed by atoms with van der Waals surface area (Å²) >= 11 is 0. The summed E-state index contributed by atoms with van der Waals surface area (Å²) in [7, 11) is 0. The van der Waals surface area contributed by atoms with Crippen LogP contribution in [0.1, 0.15) is 16.1 Å². The number of nitro benzene ring substituents is 1. The third-order valence-corrected chi connectivity index (χ3v) is 4.05. The molecule has 0 fully saturated rings. The van der Waals surface area contributed by atoms with Gasteiger partial charge in [0.2, 0.25) is 5.76 Å². The van der Waals surface area contributed by atoms with E-state index in [4.69, 9.17) is 9.15 Å². The maximum absolute atomic E-state index is 13.1. The summed E-state index contributed by atoms with van der Waals surface area (Å²) < 4.78 is 61.6. The van der Waals surface area contributed by atoms with Gasteiger partial charge in [-0.25, -0.2) is 9.18 Å². The summed E-state index contributed by atoms with van der Waals surface area (Å²) in [5.74, 6) is -3.33. The molecule has 32 heavy (non-hydrogen) atoms. The van der Waals surface area contributed by atoms with E-state index in [1.54, 1.807) is 0 Å². The van der Waals surface area contributed by atoms with E-state index in [2.05, 4.69) is 5.32 Å². The van der Waals surface area contributed by atoms with Crippen molar-refractivity contribution in [3.63, 3.8) is 0 Å². The second-order valence-electron chi connectivity index (χ2n) is 6.29. The number of nitro groups is 1. The first kappa shape index (κ1) is 22.5. The van der Waals surface area contributed by atoms with Crippen molar-refractivity contribution in [2.45, 2.75) is 6.18 Å². The van der Waals surface area contributed by atoms with Crippen LogP contribution >= 0.6 is 0 Å². The van der Waals surface area contributed by atoms with Gasteiger partial charge in [0.1, 0.15) is 17.3 Å². The Labute approximate surface area is 176 Å². The topological polar surface area (TPSA) is 112 Å². The number of ether oxygens (including phenoxy) is 1. The molecule has 3 rings (SSSR count). The number of alkyl halides is 3.